The van der Waals surface area contributed by atoms with E-state index in [1.165, 1.54) is 0 Å². The molecule has 4 heterocycles. The summed E-state index contributed by atoms with van der Waals surface area (Å²) in [5.41, 5.74) is 8.19. The standard InChI is InChI=1S/C28H27N9O/c1-16-5-10-22-23(11-16)34-27(33-22)31-20-8-6-17(2)24(12-20)37-15-19-13-30-26(35-25(19)36(4)28(37)38)32-21-9-7-18(3)29-14-21/h5-14H,15H2,1-4H3,(H,30,32,35)(H2,31,33,34). The van der Waals surface area contributed by atoms with E-state index in [4.69, 9.17) is 0 Å². The predicted molar refractivity (Wildman–Crippen MR) is 150 cm³/mol. The molecular formula is C28H27N9O. The highest BCUT2D eigenvalue weighted by molar-refractivity contribution is 6.05. The zero-order valence-corrected chi connectivity index (χ0v) is 21.6. The maximum absolute atomic E-state index is 13.5. The highest BCUT2D eigenvalue weighted by Crippen LogP contribution is 2.34. The van der Waals surface area contributed by atoms with Crippen LogP contribution < -0.4 is 20.4 Å². The van der Waals surface area contributed by atoms with Crippen LogP contribution in [0.3, 0.4) is 0 Å². The fourth-order valence-corrected chi connectivity index (χ4v) is 4.53. The molecule has 3 N–H and O–H groups in total. The van der Waals surface area contributed by atoms with Gasteiger partial charge in [-0.1, -0.05) is 12.1 Å². The van der Waals surface area contributed by atoms with Gasteiger partial charge in [0.1, 0.15) is 5.82 Å². The third kappa shape index (κ3) is 4.36. The number of carbonyl (C=O) groups excluding carboxylic acids is 1. The Morgan fingerprint density at radius 1 is 0.895 bits per heavy atom. The first-order chi connectivity index (χ1) is 18.3. The smallest absolute Gasteiger partial charge is 0.326 e. The molecule has 6 rings (SSSR count). The minimum absolute atomic E-state index is 0.168. The number of carbonyl (C=O) groups is 1. The van der Waals surface area contributed by atoms with E-state index in [0.717, 1.165) is 50.5 Å². The van der Waals surface area contributed by atoms with Gasteiger partial charge >= 0.3 is 6.03 Å². The molecule has 0 aliphatic carbocycles. The van der Waals surface area contributed by atoms with E-state index in [-0.39, 0.29) is 6.03 Å². The molecule has 0 saturated heterocycles. The molecule has 0 atom stereocenters. The van der Waals surface area contributed by atoms with Gasteiger partial charge in [-0.3, -0.25) is 14.8 Å². The van der Waals surface area contributed by atoms with Gasteiger partial charge in [0.2, 0.25) is 11.9 Å². The van der Waals surface area contributed by atoms with E-state index >= 15 is 0 Å². The fourth-order valence-electron chi connectivity index (χ4n) is 4.53. The van der Waals surface area contributed by atoms with Crippen molar-refractivity contribution in [2.45, 2.75) is 27.3 Å². The lowest BCUT2D eigenvalue weighted by Gasteiger charge is -2.35. The number of hydrogen-bond acceptors (Lipinski definition) is 7. The van der Waals surface area contributed by atoms with Crippen LogP contribution in [0.5, 0.6) is 0 Å². The molecule has 0 unspecified atom stereocenters. The third-order valence-electron chi connectivity index (χ3n) is 6.57. The molecular weight excluding hydrogens is 478 g/mol. The monoisotopic (exact) mass is 505 g/mol. The molecule has 1 aliphatic heterocycles. The summed E-state index contributed by atoms with van der Waals surface area (Å²) < 4.78 is 0. The zero-order valence-electron chi connectivity index (χ0n) is 21.6. The van der Waals surface area contributed by atoms with Crippen LogP contribution in [0.15, 0.2) is 60.9 Å². The molecule has 1 aliphatic rings. The molecule has 2 aromatic carbocycles. The van der Waals surface area contributed by atoms with Crippen LogP contribution in [0.25, 0.3) is 11.0 Å². The van der Waals surface area contributed by atoms with Gasteiger partial charge in [-0.15, -0.1) is 0 Å². The quantitative estimate of drug-likeness (QED) is 0.279. The first-order valence-electron chi connectivity index (χ1n) is 12.3. The van der Waals surface area contributed by atoms with E-state index in [1.54, 1.807) is 29.2 Å². The molecule has 190 valence electrons. The van der Waals surface area contributed by atoms with Crippen LogP contribution in [0.4, 0.5) is 39.6 Å². The summed E-state index contributed by atoms with van der Waals surface area (Å²) in [6.45, 7) is 6.33. The first-order valence-corrected chi connectivity index (χ1v) is 12.3. The molecule has 0 bridgehead atoms. The van der Waals surface area contributed by atoms with Crippen LogP contribution in [0.1, 0.15) is 22.4 Å². The van der Waals surface area contributed by atoms with Gasteiger partial charge in [0.15, 0.2) is 0 Å². The molecule has 0 saturated carbocycles. The van der Waals surface area contributed by atoms with E-state index < -0.39 is 0 Å². The number of H-pyrrole nitrogens is 1. The minimum Gasteiger partial charge on any atom is -0.326 e. The largest absolute Gasteiger partial charge is 0.330 e. The summed E-state index contributed by atoms with van der Waals surface area (Å²) in [5, 5.41) is 6.50. The number of urea groups is 1. The lowest BCUT2D eigenvalue weighted by Crippen LogP contribution is -2.46. The van der Waals surface area contributed by atoms with Gasteiger partial charge in [-0.2, -0.15) is 4.98 Å². The number of hydrogen-bond donors (Lipinski definition) is 3. The predicted octanol–water partition coefficient (Wildman–Crippen LogP) is 5.74. The Balaban J connectivity index is 1.26. The number of nitrogens with one attached hydrogen (secondary N) is 3. The second-order valence-corrected chi connectivity index (χ2v) is 9.52. The molecule has 3 aromatic heterocycles. The number of nitrogens with zero attached hydrogens (tertiary/aromatic N) is 6. The Hall–Kier alpha value is -4.99. The van der Waals surface area contributed by atoms with Gasteiger partial charge in [0, 0.05) is 30.2 Å². The van der Waals surface area contributed by atoms with Crippen LogP contribution in [-0.4, -0.2) is 38.0 Å². The first kappa shape index (κ1) is 23.4. The maximum Gasteiger partial charge on any atom is 0.330 e. The van der Waals surface area contributed by atoms with E-state index in [2.05, 4.69) is 41.6 Å². The van der Waals surface area contributed by atoms with Crippen molar-refractivity contribution in [1.29, 1.82) is 0 Å². The molecule has 2 amide bonds. The number of benzene rings is 2. The Morgan fingerprint density at radius 3 is 2.55 bits per heavy atom. The Labute approximate surface area is 219 Å². The van der Waals surface area contributed by atoms with Gasteiger partial charge in [0.25, 0.3) is 0 Å². The van der Waals surface area contributed by atoms with Crippen LogP contribution in [-0.2, 0) is 6.54 Å². The second kappa shape index (κ2) is 9.15. The van der Waals surface area contributed by atoms with Gasteiger partial charge in [-0.05, 0) is 68.3 Å². The number of aromatic nitrogens is 5. The fraction of sp³-hybridized carbons (Fsp3) is 0.179. The van der Waals surface area contributed by atoms with Crippen LogP contribution in [0.2, 0.25) is 0 Å². The molecule has 0 spiro atoms. The van der Waals surface area contributed by atoms with Crippen LogP contribution >= 0.6 is 0 Å². The summed E-state index contributed by atoms with van der Waals surface area (Å²) in [6.07, 6.45) is 3.49. The summed E-state index contributed by atoms with van der Waals surface area (Å²) in [5.74, 6) is 1.63. The average molecular weight is 506 g/mol. The summed E-state index contributed by atoms with van der Waals surface area (Å²) in [7, 11) is 1.73. The summed E-state index contributed by atoms with van der Waals surface area (Å²) >= 11 is 0. The van der Waals surface area contributed by atoms with Crippen molar-refractivity contribution in [2.24, 2.45) is 0 Å². The number of imidazole rings is 1. The Bertz CT molecular complexity index is 1680. The number of anilines is 6. The van der Waals surface area contributed by atoms with E-state index in [1.807, 2.05) is 63.2 Å². The maximum atomic E-state index is 13.5. The average Bonchev–Trinajstić information content (AvgIpc) is 3.30. The lowest BCUT2D eigenvalue weighted by molar-refractivity contribution is 0.251. The highest BCUT2D eigenvalue weighted by Gasteiger charge is 2.31. The van der Waals surface area contributed by atoms with Crippen molar-refractivity contribution in [3.8, 4) is 0 Å². The van der Waals surface area contributed by atoms with Crippen LogP contribution in [0, 0.1) is 20.8 Å². The number of fused-ring (bicyclic) bond motifs is 2. The van der Waals surface area contributed by atoms with Crippen molar-refractivity contribution in [3.63, 3.8) is 0 Å². The van der Waals surface area contributed by atoms with Gasteiger partial charge in [0.05, 0.1) is 35.1 Å². The van der Waals surface area contributed by atoms with Crippen molar-refractivity contribution in [2.75, 3.05) is 27.5 Å². The SMILES string of the molecule is Cc1ccc2nc(Nc3ccc(C)c(N4Cc5cnc(Nc6ccc(C)nc6)nc5N(C)C4=O)c3)[nH]c2c1. The number of amides is 2. The molecule has 0 radical (unpaired) electrons. The van der Waals surface area contributed by atoms with Crippen molar-refractivity contribution in [1.82, 2.24) is 24.9 Å². The van der Waals surface area contributed by atoms with Crippen molar-refractivity contribution in [3.05, 3.63) is 83.3 Å². The Morgan fingerprint density at radius 2 is 1.74 bits per heavy atom. The number of aryl methyl sites for hydroxylation is 3. The molecule has 10 nitrogen and oxygen atoms in total. The minimum atomic E-state index is -0.168. The molecule has 38 heavy (non-hydrogen) atoms. The van der Waals surface area contributed by atoms with E-state index in [9.17, 15) is 4.79 Å². The van der Waals surface area contributed by atoms with E-state index in [0.29, 0.717) is 24.3 Å². The normalized spacial score (nSPS) is 13.1. The van der Waals surface area contributed by atoms with Gasteiger partial charge in [-0.25, -0.2) is 14.8 Å². The topological polar surface area (TPSA) is 115 Å². The second-order valence-electron chi connectivity index (χ2n) is 9.52. The summed E-state index contributed by atoms with van der Waals surface area (Å²) in [4.78, 5) is 38.1. The zero-order chi connectivity index (χ0) is 26.4. The van der Waals surface area contributed by atoms with Crippen molar-refractivity contribution >= 4 is 51.8 Å². The third-order valence-corrected chi connectivity index (χ3v) is 6.57. The van der Waals surface area contributed by atoms with Gasteiger partial charge < -0.3 is 15.6 Å². The molecule has 0 fully saturated rings. The summed E-state index contributed by atoms with van der Waals surface area (Å²) in [6, 6.07) is 15.7. The number of aromatic amines is 1. The Kier molecular flexibility index (Phi) is 5.64. The number of rotatable bonds is 5. The molecule has 5 aromatic rings. The number of pyridine rings is 1. The lowest BCUT2D eigenvalue weighted by atomic mass is 10.1. The van der Waals surface area contributed by atoms with Crippen molar-refractivity contribution < 1.29 is 4.79 Å². The highest BCUT2D eigenvalue weighted by atomic mass is 16.2. The molecule has 10 heteroatoms.